The molecule has 0 heterocycles. The van der Waals surface area contributed by atoms with Crippen LogP contribution in [0, 0.1) is 0 Å². The molecule has 0 spiro atoms. The van der Waals surface area contributed by atoms with Crippen LogP contribution in [0.15, 0.2) is 72.8 Å². The third-order valence-corrected chi connectivity index (χ3v) is 5.53. The lowest BCUT2D eigenvalue weighted by Crippen LogP contribution is -2.49. The van der Waals surface area contributed by atoms with Crippen LogP contribution in [0.1, 0.15) is 22.6 Å². The van der Waals surface area contributed by atoms with E-state index in [1.165, 1.54) is 0 Å². The van der Waals surface area contributed by atoms with E-state index in [2.05, 4.69) is 5.32 Å². The number of hydrogen-bond acceptors (Lipinski definition) is 4. The summed E-state index contributed by atoms with van der Waals surface area (Å²) >= 11 is 5.85. The first-order chi connectivity index (χ1) is 14.5. The van der Waals surface area contributed by atoms with Crippen LogP contribution in [-0.4, -0.2) is 24.7 Å². The average Bonchev–Trinajstić information content (AvgIpc) is 3.07. The molecule has 1 atom stereocenters. The van der Waals surface area contributed by atoms with Gasteiger partial charge in [0.2, 0.25) is 0 Å². The van der Waals surface area contributed by atoms with Crippen LogP contribution in [0.5, 0.6) is 0 Å². The van der Waals surface area contributed by atoms with Gasteiger partial charge in [0, 0.05) is 10.9 Å². The molecule has 1 aliphatic rings. The number of halogens is 1. The predicted molar refractivity (Wildman–Crippen MR) is 112 cm³/mol. The van der Waals surface area contributed by atoms with Crippen molar-refractivity contribution in [2.45, 2.75) is 18.4 Å². The second-order valence-corrected chi connectivity index (χ2v) is 7.61. The Balaban J connectivity index is 1.43. The van der Waals surface area contributed by atoms with E-state index in [1.54, 1.807) is 24.3 Å². The fourth-order valence-electron chi connectivity index (χ4n) is 3.83. The quantitative estimate of drug-likeness (QED) is 0.661. The minimum absolute atomic E-state index is 0.0731. The Kier molecular flexibility index (Phi) is 5.72. The molecular formula is C24H19ClNO4-. The summed E-state index contributed by atoms with van der Waals surface area (Å²) < 4.78 is 5.41. The Hall–Kier alpha value is -3.31. The SMILES string of the molecule is O=C(N[C@H](Cc1ccc(Cl)cc1)C(=O)[O-])OCC1c2ccccc2-c2ccccc21. The van der Waals surface area contributed by atoms with Crippen LogP contribution in [0.2, 0.25) is 5.02 Å². The monoisotopic (exact) mass is 420 g/mol. The normalized spacial score (nSPS) is 13.2. The third-order valence-electron chi connectivity index (χ3n) is 5.27. The largest absolute Gasteiger partial charge is 0.548 e. The Labute approximate surface area is 179 Å². The van der Waals surface area contributed by atoms with Gasteiger partial charge in [0.15, 0.2) is 0 Å². The highest BCUT2D eigenvalue weighted by atomic mass is 35.5. The van der Waals surface area contributed by atoms with Crippen LogP contribution in [-0.2, 0) is 16.0 Å². The zero-order valence-electron chi connectivity index (χ0n) is 16.0. The summed E-state index contributed by atoms with van der Waals surface area (Å²) in [5, 5.41) is 14.4. The number of fused-ring (bicyclic) bond motifs is 3. The maximum absolute atomic E-state index is 12.3. The van der Waals surface area contributed by atoms with Gasteiger partial charge in [-0.05, 0) is 46.4 Å². The first-order valence-electron chi connectivity index (χ1n) is 9.59. The molecule has 0 saturated carbocycles. The Morgan fingerprint density at radius 1 is 0.933 bits per heavy atom. The Morgan fingerprint density at radius 2 is 1.50 bits per heavy atom. The van der Waals surface area contributed by atoms with E-state index in [-0.39, 0.29) is 18.9 Å². The molecule has 152 valence electrons. The predicted octanol–water partition coefficient (Wildman–Crippen LogP) is 3.54. The van der Waals surface area contributed by atoms with Crippen LogP contribution < -0.4 is 10.4 Å². The number of ether oxygens (including phenoxy) is 1. The lowest BCUT2D eigenvalue weighted by Gasteiger charge is -2.21. The molecule has 6 heteroatoms. The van der Waals surface area contributed by atoms with Gasteiger partial charge in [0.25, 0.3) is 0 Å². The lowest BCUT2D eigenvalue weighted by atomic mass is 9.98. The topological polar surface area (TPSA) is 78.5 Å². The number of benzene rings is 3. The summed E-state index contributed by atoms with van der Waals surface area (Å²) in [7, 11) is 0. The molecule has 1 amide bonds. The number of rotatable bonds is 6. The van der Waals surface area contributed by atoms with Gasteiger partial charge in [-0.15, -0.1) is 0 Å². The second kappa shape index (κ2) is 8.59. The van der Waals surface area contributed by atoms with E-state index >= 15 is 0 Å². The number of carbonyl (C=O) groups excluding carboxylic acids is 2. The number of hydrogen-bond donors (Lipinski definition) is 1. The number of nitrogens with one attached hydrogen (secondary N) is 1. The smallest absolute Gasteiger partial charge is 0.407 e. The summed E-state index contributed by atoms with van der Waals surface area (Å²) in [6.45, 7) is 0.112. The van der Waals surface area contributed by atoms with Crippen molar-refractivity contribution in [1.82, 2.24) is 5.32 Å². The van der Waals surface area contributed by atoms with E-state index in [1.807, 2.05) is 48.5 Å². The molecule has 0 bridgehead atoms. The minimum atomic E-state index is -1.38. The maximum Gasteiger partial charge on any atom is 0.407 e. The van der Waals surface area contributed by atoms with E-state index in [9.17, 15) is 14.7 Å². The van der Waals surface area contributed by atoms with E-state index in [0.717, 1.165) is 22.3 Å². The number of carboxylic acids is 1. The van der Waals surface area contributed by atoms with Gasteiger partial charge in [-0.1, -0.05) is 72.3 Å². The molecule has 3 aromatic carbocycles. The maximum atomic E-state index is 12.3. The van der Waals surface area contributed by atoms with E-state index < -0.39 is 18.1 Å². The number of amides is 1. The third kappa shape index (κ3) is 4.16. The van der Waals surface area contributed by atoms with Crippen molar-refractivity contribution >= 4 is 23.7 Å². The summed E-state index contributed by atoms with van der Waals surface area (Å²) in [5.41, 5.74) is 5.13. The highest BCUT2D eigenvalue weighted by Gasteiger charge is 2.29. The first-order valence-corrected chi connectivity index (χ1v) is 9.97. The van der Waals surface area contributed by atoms with Gasteiger partial charge >= 0.3 is 6.09 Å². The van der Waals surface area contributed by atoms with Gasteiger partial charge in [-0.25, -0.2) is 4.79 Å². The van der Waals surface area contributed by atoms with Crippen molar-refractivity contribution in [2.75, 3.05) is 6.61 Å². The van der Waals surface area contributed by atoms with Gasteiger partial charge in [-0.3, -0.25) is 0 Å². The molecule has 0 unspecified atom stereocenters. The van der Waals surface area contributed by atoms with Gasteiger partial charge in [0.1, 0.15) is 6.61 Å². The van der Waals surface area contributed by atoms with Gasteiger partial charge < -0.3 is 20.0 Å². The summed E-state index contributed by atoms with van der Waals surface area (Å²) in [4.78, 5) is 23.8. The molecule has 0 radical (unpaired) electrons. The molecule has 5 nitrogen and oxygen atoms in total. The minimum Gasteiger partial charge on any atom is -0.548 e. The van der Waals surface area contributed by atoms with Gasteiger partial charge in [0.05, 0.1) is 12.0 Å². The molecule has 0 saturated heterocycles. The highest BCUT2D eigenvalue weighted by Crippen LogP contribution is 2.44. The Morgan fingerprint density at radius 3 is 2.07 bits per heavy atom. The zero-order chi connectivity index (χ0) is 21.1. The van der Waals surface area contributed by atoms with Crippen LogP contribution in [0.4, 0.5) is 4.79 Å². The second-order valence-electron chi connectivity index (χ2n) is 7.17. The van der Waals surface area contributed by atoms with Crippen molar-refractivity contribution in [2.24, 2.45) is 0 Å². The average molecular weight is 421 g/mol. The Bertz CT molecular complexity index is 1040. The molecule has 0 aliphatic heterocycles. The fourth-order valence-corrected chi connectivity index (χ4v) is 3.96. The lowest BCUT2D eigenvalue weighted by molar-refractivity contribution is -0.308. The standard InChI is InChI=1S/C24H20ClNO4/c25-16-11-9-15(10-12-16)13-22(23(27)28)26-24(29)30-14-21-19-7-3-1-5-17(19)18-6-2-4-8-20(18)21/h1-12,21-22H,13-14H2,(H,26,29)(H,27,28)/p-1/t22-/m1/s1. The van der Waals surface area contributed by atoms with E-state index in [0.29, 0.717) is 10.6 Å². The number of alkyl carbamates (subject to hydrolysis) is 1. The van der Waals surface area contributed by atoms with E-state index in [4.69, 9.17) is 16.3 Å². The molecule has 1 N–H and O–H groups in total. The molecule has 4 rings (SSSR count). The summed E-state index contributed by atoms with van der Waals surface area (Å²) in [6, 6.07) is 21.5. The number of carboxylic acid groups (broad SMARTS) is 1. The highest BCUT2D eigenvalue weighted by molar-refractivity contribution is 6.30. The van der Waals surface area contributed by atoms with Crippen molar-refractivity contribution in [1.29, 1.82) is 0 Å². The molecule has 0 aromatic heterocycles. The summed E-state index contributed by atoms with van der Waals surface area (Å²) in [6.07, 6.45) is -0.719. The fraction of sp³-hybridized carbons (Fsp3) is 0.167. The van der Waals surface area contributed by atoms with Crippen molar-refractivity contribution in [3.63, 3.8) is 0 Å². The van der Waals surface area contributed by atoms with Crippen LogP contribution in [0.25, 0.3) is 11.1 Å². The summed E-state index contributed by atoms with van der Waals surface area (Å²) in [5.74, 6) is -1.47. The molecule has 3 aromatic rings. The first kappa shape index (κ1) is 20.0. The van der Waals surface area contributed by atoms with Gasteiger partial charge in [-0.2, -0.15) is 0 Å². The van der Waals surface area contributed by atoms with Crippen molar-refractivity contribution in [3.05, 3.63) is 94.5 Å². The van der Waals surface area contributed by atoms with Crippen LogP contribution >= 0.6 is 11.6 Å². The van der Waals surface area contributed by atoms with Crippen molar-refractivity contribution < 1.29 is 19.4 Å². The molecule has 1 aliphatic carbocycles. The molecule has 0 fully saturated rings. The molecule has 30 heavy (non-hydrogen) atoms. The number of aliphatic carboxylic acids is 1. The van der Waals surface area contributed by atoms with Crippen molar-refractivity contribution in [3.8, 4) is 11.1 Å². The number of carbonyl (C=O) groups is 2. The zero-order valence-corrected chi connectivity index (χ0v) is 16.8. The van der Waals surface area contributed by atoms with Crippen LogP contribution in [0.3, 0.4) is 0 Å². The molecular weight excluding hydrogens is 402 g/mol.